The highest BCUT2D eigenvalue weighted by Gasteiger charge is 2.24. The molecular formula is C21H26N4O3. The van der Waals surface area contributed by atoms with Crippen molar-refractivity contribution in [2.45, 2.75) is 47.4 Å². The minimum absolute atomic E-state index is 0.220. The molecule has 7 heteroatoms. The van der Waals surface area contributed by atoms with Crippen molar-refractivity contribution in [3.63, 3.8) is 0 Å². The first kappa shape index (κ1) is 19.7. The van der Waals surface area contributed by atoms with E-state index in [0.29, 0.717) is 17.9 Å². The number of aromatic nitrogens is 3. The van der Waals surface area contributed by atoms with Crippen LogP contribution in [-0.4, -0.2) is 32.8 Å². The molecule has 0 aliphatic heterocycles. The Bertz CT molecular complexity index is 954. The van der Waals surface area contributed by atoms with Crippen LogP contribution in [0.2, 0.25) is 0 Å². The van der Waals surface area contributed by atoms with Crippen LogP contribution in [-0.2, 0) is 19.7 Å². The summed E-state index contributed by atoms with van der Waals surface area (Å²) in [7, 11) is 1.73. The molecule has 0 radical (unpaired) electrons. The summed E-state index contributed by atoms with van der Waals surface area (Å²) in [5.41, 5.74) is 4.01. The van der Waals surface area contributed by atoms with Crippen LogP contribution in [0.5, 0.6) is 5.75 Å². The number of amides is 1. The maximum Gasteiger partial charge on any atom is 0.276 e. The Morgan fingerprint density at radius 1 is 1.21 bits per heavy atom. The second-order valence-corrected chi connectivity index (χ2v) is 7.00. The van der Waals surface area contributed by atoms with Crippen LogP contribution in [0.25, 0.3) is 0 Å². The summed E-state index contributed by atoms with van der Waals surface area (Å²) in [6.07, 6.45) is 1.90. The van der Waals surface area contributed by atoms with Crippen molar-refractivity contribution < 1.29 is 14.1 Å². The minimum atomic E-state index is -0.220. The number of hydrogen-bond donors (Lipinski definition) is 0. The molecule has 0 bridgehead atoms. The predicted octanol–water partition coefficient (Wildman–Crippen LogP) is 3.67. The largest absolute Gasteiger partial charge is 0.489 e. The summed E-state index contributed by atoms with van der Waals surface area (Å²) in [5, 5.41) is 8.39. The summed E-state index contributed by atoms with van der Waals surface area (Å²) in [4.78, 5) is 14.5. The van der Waals surface area contributed by atoms with Crippen molar-refractivity contribution in [2.75, 3.05) is 7.05 Å². The standard InChI is InChI=1S/C21H26N4O3/c1-6-25-8-7-17(22-25)12-24(5)21(26)20-19(16(4)28-23-20)13-27-18-10-14(2)9-15(3)11-18/h7-11H,6,12-13H2,1-5H3. The van der Waals surface area contributed by atoms with E-state index in [1.165, 1.54) is 0 Å². The molecule has 2 aromatic heterocycles. The fraction of sp³-hybridized carbons (Fsp3) is 0.381. The number of carbonyl (C=O) groups is 1. The molecule has 0 atom stereocenters. The van der Waals surface area contributed by atoms with Crippen LogP contribution >= 0.6 is 0 Å². The molecule has 0 fully saturated rings. The third-order valence-corrected chi connectivity index (χ3v) is 4.53. The fourth-order valence-corrected chi connectivity index (χ4v) is 3.06. The zero-order chi connectivity index (χ0) is 20.3. The van der Waals surface area contributed by atoms with Crippen molar-refractivity contribution >= 4 is 5.91 Å². The molecule has 0 saturated carbocycles. The molecule has 7 nitrogen and oxygen atoms in total. The topological polar surface area (TPSA) is 73.4 Å². The summed E-state index contributed by atoms with van der Waals surface area (Å²) in [6, 6.07) is 7.92. The smallest absolute Gasteiger partial charge is 0.276 e. The number of hydrogen-bond acceptors (Lipinski definition) is 5. The first-order chi connectivity index (χ1) is 13.4. The van der Waals surface area contributed by atoms with Gasteiger partial charge in [0.15, 0.2) is 5.69 Å². The third kappa shape index (κ3) is 4.42. The zero-order valence-electron chi connectivity index (χ0n) is 17.0. The molecule has 0 unspecified atom stereocenters. The van der Waals surface area contributed by atoms with E-state index >= 15 is 0 Å². The van der Waals surface area contributed by atoms with Crippen LogP contribution in [0.1, 0.15) is 45.6 Å². The van der Waals surface area contributed by atoms with Crippen molar-refractivity contribution in [2.24, 2.45) is 0 Å². The molecule has 2 heterocycles. The summed E-state index contributed by atoms with van der Waals surface area (Å²) in [5.74, 6) is 1.12. The molecule has 0 saturated heterocycles. The van der Waals surface area contributed by atoms with Crippen molar-refractivity contribution in [1.82, 2.24) is 19.8 Å². The monoisotopic (exact) mass is 382 g/mol. The summed E-state index contributed by atoms with van der Waals surface area (Å²) < 4.78 is 13.0. The number of benzene rings is 1. The number of aryl methyl sites for hydroxylation is 4. The second-order valence-electron chi connectivity index (χ2n) is 7.00. The summed E-state index contributed by atoms with van der Waals surface area (Å²) >= 11 is 0. The number of carbonyl (C=O) groups excluding carboxylic acids is 1. The van der Waals surface area contributed by atoms with E-state index < -0.39 is 0 Å². The normalized spacial score (nSPS) is 10.9. The zero-order valence-corrected chi connectivity index (χ0v) is 17.0. The maximum atomic E-state index is 12.9. The lowest BCUT2D eigenvalue weighted by atomic mass is 10.1. The lowest BCUT2D eigenvalue weighted by molar-refractivity contribution is 0.0770. The SMILES string of the molecule is CCn1ccc(CN(C)C(=O)c2noc(C)c2COc2cc(C)cc(C)c2)n1. The van der Waals surface area contributed by atoms with E-state index in [2.05, 4.69) is 16.3 Å². The molecule has 0 N–H and O–H groups in total. The van der Waals surface area contributed by atoms with Crippen LogP contribution < -0.4 is 4.74 Å². The Hall–Kier alpha value is -3.09. The van der Waals surface area contributed by atoms with Gasteiger partial charge in [-0.3, -0.25) is 9.48 Å². The van der Waals surface area contributed by atoms with Gasteiger partial charge in [-0.1, -0.05) is 11.2 Å². The van der Waals surface area contributed by atoms with Gasteiger partial charge in [0.1, 0.15) is 18.1 Å². The minimum Gasteiger partial charge on any atom is -0.489 e. The van der Waals surface area contributed by atoms with Gasteiger partial charge in [0.2, 0.25) is 0 Å². The van der Waals surface area contributed by atoms with E-state index in [0.717, 1.165) is 29.1 Å². The van der Waals surface area contributed by atoms with Gasteiger partial charge in [-0.15, -0.1) is 0 Å². The Labute approximate surface area is 164 Å². The number of ether oxygens (including phenoxy) is 1. The highest BCUT2D eigenvalue weighted by Crippen LogP contribution is 2.21. The van der Waals surface area contributed by atoms with Gasteiger partial charge in [0, 0.05) is 19.8 Å². The van der Waals surface area contributed by atoms with Gasteiger partial charge >= 0.3 is 0 Å². The highest BCUT2D eigenvalue weighted by molar-refractivity contribution is 5.93. The highest BCUT2D eigenvalue weighted by atomic mass is 16.5. The van der Waals surface area contributed by atoms with Gasteiger partial charge in [-0.05, 0) is 57.0 Å². The quantitative estimate of drug-likeness (QED) is 0.623. The van der Waals surface area contributed by atoms with Crippen molar-refractivity contribution in [3.05, 3.63) is 64.3 Å². The Balaban J connectivity index is 1.72. The number of rotatable bonds is 7. The third-order valence-electron chi connectivity index (χ3n) is 4.53. The van der Waals surface area contributed by atoms with E-state index in [1.807, 2.05) is 49.8 Å². The van der Waals surface area contributed by atoms with E-state index in [1.54, 1.807) is 18.9 Å². The Kier molecular flexibility index (Phi) is 5.82. The van der Waals surface area contributed by atoms with E-state index in [4.69, 9.17) is 9.26 Å². The van der Waals surface area contributed by atoms with Crippen LogP contribution in [0.3, 0.4) is 0 Å². The predicted molar refractivity (Wildman–Crippen MR) is 105 cm³/mol. The van der Waals surface area contributed by atoms with Crippen molar-refractivity contribution in [3.8, 4) is 5.75 Å². The molecule has 0 aliphatic carbocycles. The lowest BCUT2D eigenvalue weighted by Crippen LogP contribution is -2.28. The molecule has 3 aromatic rings. The average molecular weight is 382 g/mol. The first-order valence-corrected chi connectivity index (χ1v) is 9.31. The molecular weight excluding hydrogens is 356 g/mol. The molecule has 28 heavy (non-hydrogen) atoms. The number of nitrogens with zero attached hydrogens (tertiary/aromatic N) is 4. The second kappa shape index (κ2) is 8.29. The van der Waals surface area contributed by atoms with Gasteiger partial charge in [-0.25, -0.2) is 0 Å². The molecule has 1 aromatic carbocycles. The van der Waals surface area contributed by atoms with Gasteiger partial charge in [0.05, 0.1) is 17.8 Å². The van der Waals surface area contributed by atoms with E-state index in [9.17, 15) is 4.79 Å². The van der Waals surface area contributed by atoms with Crippen LogP contribution in [0, 0.1) is 20.8 Å². The summed E-state index contributed by atoms with van der Waals surface area (Å²) in [6.45, 7) is 9.26. The molecule has 3 rings (SSSR count). The average Bonchev–Trinajstić information content (AvgIpc) is 3.24. The maximum absolute atomic E-state index is 12.9. The van der Waals surface area contributed by atoms with E-state index in [-0.39, 0.29) is 18.2 Å². The molecule has 0 spiro atoms. The molecule has 0 aliphatic rings. The van der Waals surface area contributed by atoms with Crippen LogP contribution in [0.4, 0.5) is 0 Å². The molecule has 148 valence electrons. The van der Waals surface area contributed by atoms with Gasteiger partial charge in [0.25, 0.3) is 5.91 Å². The van der Waals surface area contributed by atoms with Gasteiger partial charge in [-0.2, -0.15) is 5.10 Å². The first-order valence-electron chi connectivity index (χ1n) is 9.31. The van der Waals surface area contributed by atoms with Crippen LogP contribution in [0.15, 0.2) is 35.0 Å². The lowest BCUT2D eigenvalue weighted by Gasteiger charge is -2.15. The Morgan fingerprint density at radius 2 is 1.93 bits per heavy atom. The molecule has 1 amide bonds. The van der Waals surface area contributed by atoms with Crippen molar-refractivity contribution in [1.29, 1.82) is 0 Å². The Morgan fingerprint density at radius 3 is 2.57 bits per heavy atom. The fourth-order valence-electron chi connectivity index (χ4n) is 3.06. The van der Waals surface area contributed by atoms with Gasteiger partial charge < -0.3 is 14.2 Å².